The molecule has 0 radical (unpaired) electrons. The number of carbonyl (C=O) groups is 1. The van der Waals surface area contributed by atoms with E-state index in [0.29, 0.717) is 11.1 Å². The number of hydrogen-bond acceptors (Lipinski definition) is 3. The number of benzene rings is 3. The third kappa shape index (κ3) is 2.26. The zero-order chi connectivity index (χ0) is 16.7. The van der Waals surface area contributed by atoms with Crippen LogP contribution in [0, 0.1) is 0 Å². The van der Waals surface area contributed by atoms with E-state index in [9.17, 15) is 9.90 Å². The van der Waals surface area contributed by atoms with E-state index in [4.69, 9.17) is 0 Å². The van der Waals surface area contributed by atoms with Gasteiger partial charge in [0.05, 0.1) is 5.56 Å². The van der Waals surface area contributed by atoms with E-state index in [2.05, 4.69) is 17.0 Å². The second-order valence-electron chi connectivity index (χ2n) is 6.09. The molecule has 0 unspecified atom stereocenters. The number of rotatable bonds is 2. The molecule has 1 aliphatic heterocycles. The minimum absolute atomic E-state index is 0.0221. The largest absolute Gasteiger partial charge is 0.507 e. The summed E-state index contributed by atoms with van der Waals surface area (Å²) in [7, 11) is 1.99. The van der Waals surface area contributed by atoms with Gasteiger partial charge in [-0.15, -0.1) is 0 Å². The van der Waals surface area contributed by atoms with Gasteiger partial charge in [-0.05, 0) is 17.2 Å². The van der Waals surface area contributed by atoms with Gasteiger partial charge in [0, 0.05) is 36.5 Å². The number of aromatic hydroxyl groups is 1. The molecule has 0 atom stereocenters. The average molecular weight is 315 g/mol. The van der Waals surface area contributed by atoms with Crippen molar-refractivity contribution in [2.45, 2.75) is 6.54 Å². The molecule has 0 aromatic heterocycles. The Morgan fingerprint density at radius 3 is 2.46 bits per heavy atom. The van der Waals surface area contributed by atoms with E-state index >= 15 is 0 Å². The van der Waals surface area contributed by atoms with E-state index in [-0.39, 0.29) is 11.5 Å². The first kappa shape index (κ1) is 14.5. The van der Waals surface area contributed by atoms with Crippen LogP contribution in [0.4, 0.5) is 5.69 Å². The van der Waals surface area contributed by atoms with Crippen LogP contribution in [0.2, 0.25) is 0 Å². The van der Waals surface area contributed by atoms with Crippen molar-refractivity contribution < 1.29 is 9.90 Å². The number of fused-ring (bicyclic) bond motifs is 3. The number of nitrogens with zero attached hydrogens (tertiary/aromatic N) is 1. The van der Waals surface area contributed by atoms with E-state index in [1.54, 1.807) is 18.2 Å². The molecule has 3 heteroatoms. The second-order valence-corrected chi connectivity index (χ2v) is 6.09. The molecule has 3 aromatic carbocycles. The monoisotopic (exact) mass is 315 g/mol. The Labute approximate surface area is 140 Å². The third-order valence-electron chi connectivity index (χ3n) is 4.52. The van der Waals surface area contributed by atoms with Gasteiger partial charge in [-0.2, -0.15) is 0 Å². The maximum absolute atomic E-state index is 12.8. The van der Waals surface area contributed by atoms with Gasteiger partial charge in [0.1, 0.15) is 5.75 Å². The van der Waals surface area contributed by atoms with Gasteiger partial charge in [-0.1, -0.05) is 54.6 Å². The van der Waals surface area contributed by atoms with Crippen LogP contribution < -0.4 is 4.90 Å². The summed E-state index contributed by atoms with van der Waals surface area (Å²) in [4.78, 5) is 14.9. The van der Waals surface area contributed by atoms with E-state index in [1.807, 2.05) is 43.4 Å². The van der Waals surface area contributed by atoms with E-state index in [1.165, 1.54) is 5.56 Å². The fourth-order valence-corrected chi connectivity index (χ4v) is 3.30. The second kappa shape index (κ2) is 5.53. The normalized spacial score (nSPS) is 12.5. The lowest BCUT2D eigenvalue weighted by molar-refractivity contribution is 0.103. The highest BCUT2D eigenvalue weighted by molar-refractivity contribution is 6.12. The van der Waals surface area contributed by atoms with Crippen molar-refractivity contribution in [3.63, 3.8) is 0 Å². The molecule has 0 amide bonds. The molecule has 0 aliphatic carbocycles. The Hall–Kier alpha value is -3.07. The number of carbonyl (C=O) groups excluding carboxylic acids is 1. The Morgan fingerprint density at radius 1 is 0.958 bits per heavy atom. The predicted molar refractivity (Wildman–Crippen MR) is 95.5 cm³/mol. The van der Waals surface area contributed by atoms with Crippen molar-refractivity contribution in [3.8, 4) is 16.9 Å². The SMILES string of the molecule is CN1Cc2ccccc2-c2cc(C(=O)c3ccccc3)c(O)cc21. The highest BCUT2D eigenvalue weighted by atomic mass is 16.3. The number of ketones is 1. The van der Waals surface area contributed by atoms with E-state index in [0.717, 1.165) is 23.4 Å². The lowest BCUT2D eigenvalue weighted by Crippen LogP contribution is -2.21. The Balaban J connectivity index is 1.90. The van der Waals surface area contributed by atoms with Gasteiger partial charge >= 0.3 is 0 Å². The Kier molecular flexibility index (Phi) is 3.35. The van der Waals surface area contributed by atoms with Crippen molar-refractivity contribution in [2.24, 2.45) is 0 Å². The van der Waals surface area contributed by atoms with Gasteiger partial charge in [0.2, 0.25) is 0 Å². The molecular weight excluding hydrogens is 298 g/mol. The molecule has 0 saturated heterocycles. The molecule has 1 heterocycles. The van der Waals surface area contributed by atoms with Crippen LogP contribution in [-0.4, -0.2) is 17.9 Å². The first-order valence-corrected chi connectivity index (χ1v) is 7.91. The maximum atomic E-state index is 12.8. The molecule has 1 N–H and O–H groups in total. The van der Waals surface area contributed by atoms with Crippen LogP contribution in [0.25, 0.3) is 11.1 Å². The Morgan fingerprint density at radius 2 is 1.67 bits per heavy atom. The standard InChI is InChI=1S/C21H17NO2/c1-22-13-15-9-5-6-10-16(15)17-11-18(20(23)12-19(17)22)21(24)14-7-3-2-4-8-14/h2-12,23H,13H2,1H3. The first-order valence-electron chi connectivity index (χ1n) is 7.91. The van der Waals surface area contributed by atoms with Gasteiger partial charge in [-0.3, -0.25) is 4.79 Å². The summed E-state index contributed by atoms with van der Waals surface area (Å²) in [6.07, 6.45) is 0. The third-order valence-corrected chi connectivity index (χ3v) is 4.52. The van der Waals surface area contributed by atoms with Gasteiger partial charge < -0.3 is 10.0 Å². The number of phenolic OH excluding ortho intramolecular Hbond substituents is 1. The smallest absolute Gasteiger partial charge is 0.196 e. The number of phenols is 1. The summed E-state index contributed by atoms with van der Waals surface area (Å²) >= 11 is 0. The van der Waals surface area contributed by atoms with Crippen LogP contribution >= 0.6 is 0 Å². The zero-order valence-corrected chi connectivity index (χ0v) is 13.4. The molecule has 0 spiro atoms. The molecule has 0 fully saturated rings. The molecule has 4 rings (SSSR count). The fourth-order valence-electron chi connectivity index (χ4n) is 3.30. The number of anilines is 1. The highest BCUT2D eigenvalue weighted by Crippen LogP contribution is 2.42. The molecule has 24 heavy (non-hydrogen) atoms. The van der Waals surface area contributed by atoms with Crippen molar-refractivity contribution >= 4 is 11.5 Å². The average Bonchev–Trinajstić information content (AvgIpc) is 2.62. The van der Waals surface area contributed by atoms with Crippen LogP contribution in [0.1, 0.15) is 21.5 Å². The summed E-state index contributed by atoms with van der Waals surface area (Å²) < 4.78 is 0. The minimum atomic E-state index is -0.165. The lowest BCUT2D eigenvalue weighted by Gasteiger charge is -2.30. The van der Waals surface area contributed by atoms with Crippen molar-refractivity contribution in [1.29, 1.82) is 0 Å². The van der Waals surface area contributed by atoms with Gasteiger partial charge in [0.25, 0.3) is 0 Å². The van der Waals surface area contributed by atoms with Gasteiger partial charge in [-0.25, -0.2) is 0 Å². The summed E-state index contributed by atoms with van der Waals surface area (Å²) in [5.74, 6) is -0.143. The maximum Gasteiger partial charge on any atom is 0.196 e. The summed E-state index contributed by atoms with van der Waals surface area (Å²) in [5.41, 5.74) is 5.17. The molecular formula is C21H17NO2. The van der Waals surface area contributed by atoms with Crippen LogP contribution in [0.5, 0.6) is 5.75 Å². The minimum Gasteiger partial charge on any atom is -0.507 e. The zero-order valence-electron chi connectivity index (χ0n) is 13.4. The molecule has 3 aromatic rings. The Bertz CT molecular complexity index is 932. The quantitative estimate of drug-likeness (QED) is 0.719. The summed E-state index contributed by atoms with van der Waals surface area (Å²) in [6, 6.07) is 20.7. The van der Waals surface area contributed by atoms with Crippen LogP contribution in [0.3, 0.4) is 0 Å². The topological polar surface area (TPSA) is 40.5 Å². The van der Waals surface area contributed by atoms with Crippen molar-refractivity contribution in [1.82, 2.24) is 0 Å². The van der Waals surface area contributed by atoms with Gasteiger partial charge in [0.15, 0.2) is 5.78 Å². The molecule has 1 aliphatic rings. The number of hydrogen-bond donors (Lipinski definition) is 1. The van der Waals surface area contributed by atoms with Crippen molar-refractivity contribution in [2.75, 3.05) is 11.9 Å². The van der Waals surface area contributed by atoms with Crippen LogP contribution in [0.15, 0.2) is 66.7 Å². The summed E-state index contributed by atoms with van der Waals surface area (Å²) in [6.45, 7) is 0.786. The van der Waals surface area contributed by atoms with Crippen LogP contribution in [-0.2, 0) is 6.54 Å². The molecule has 118 valence electrons. The summed E-state index contributed by atoms with van der Waals surface area (Å²) in [5, 5.41) is 10.4. The highest BCUT2D eigenvalue weighted by Gasteiger charge is 2.23. The molecule has 0 bridgehead atoms. The lowest BCUT2D eigenvalue weighted by atomic mass is 9.90. The molecule has 3 nitrogen and oxygen atoms in total. The first-order chi connectivity index (χ1) is 11.6. The fraction of sp³-hybridized carbons (Fsp3) is 0.0952. The molecule has 0 saturated carbocycles. The van der Waals surface area contributed by atoms with E-state index < -0.39 is 0 Å². The predicted octanol–water partition coefficient (Wildman–Crippen LogP) is 4.24. The van der Waals surface area contributed by atoms with Crippen molar-refractivity contribution in [3.05, 3.63) is 83.4 Å².